The lowest BCUT2D eigenvalue weighted by atomic mass is 10.1. The Bertz CT molecular complexity index is 952. The Morgan fingerprint density at radius 2 is 1.70 bits per heavy atom. The molecule has 0 unspecified atom stereocenters. The second-order valence-electron chi connectivity index (χ2n) is 6.93. The van der Waals surface area contributed by atoms with Crippen LogP contribution in [-0.2, 0) is 0 Å². The molecule has 2 aromatic carbocycles. The van der Waals surface area contributed by atoms with E-state index in [1.807, 2.05) is 50.2 Å². The zero-order chi connectivity index (χ0) is 18.8. The van der Waals surface area contributed by atoms with Crippen molar-refractivity contribution >= 4 is 45.0 Å². The van der Waals surface area contributed by atoms with Gasteiger partial charge in [0, 0.05) is 18.7 Å². The van der Waals surface area contributed by atoms with Crippen molar-refractivity contribution in [3.63, 3.8) is 0 Å². The molecular weight excluding hydrogens is 378 g/mol. The highest BCUT2D eigenvalue weighted by Gasteiger charge is 2.23. The summed E-state index contributed by atoms with van der Waals surface area (Å²) in [5, 5.41) is 0.767. The van der Waals surface area contributed by atoms with Crippen LogP contribution in [0.25, 0.3) is 10.2 Å². The second kappa shape index (κ2) is 8.83. The highest BCUT2D eigenvalue weighted by molar-refractivity contribution is 7.22. The van der Waals surface area contributed by atoms with E-state index in [0.717, 1.165) is 33.0 Å². The number of halogens is 1. The molecule has 0 radical (unpaired) electrons. The van der Waals surface area contributed by atoms with Crippen LogP contribution in [0.1, 0.15) is 27.0 Å². The van der Waals surface area contributed by atoms with Gasteiger partial charge >= 0.3 is 0 Å². The molecule has 0 aliphatic rings. The minimum atomic E-state index is 0. The van der Waals surface area contributed by atoms with Gasteiger partial charge in [0.25, 0.3) is 5.91 Å². The molecule has 1 aromatic heterocycles. The van der Waals surface area contributed by atoms with Gasteiger partial charge in [0.1, 0.15) is 0 Å². The van der Waals surface area contributed by atoms with Crippen LogP contribution in [0.3, 0.4) is 0 Å². The van der Waals surface area contributed by atoms with Crippen molar-refractivity contribution in [3.8, 4) is 0 Å². The maximum atomic E-state index is 13.3. The third kappa shape index (κ3) is 4.49. The number of benzene rings is 2. The van der Waals surface area contributed by atoms with Crippen molar-refractivity contribution < 1.29 is 4.79 Å². The number of carbonyl (C=O) groups is 1. The molecule has 0 saturated carbocycles. The fraction of sp³-hybridized carbons (Fsp3) is 0.333. The summed E-state index contributed by atoms with van der Waals surface area (Å²) in [6, 6.07) is 12.0. The van der Waals surface area contributed by atoms with E-state index in [2.05, 4.69) is 30.9 Å². The van der Waals surface area contributed by atoms with E-state index in [1.165, 1.54) is 11.1 Å². The van der Waals surface area contributed by atoms with E-state index in [-0.39, 0.29) is 18.3 Å². The maximum absolute atomic E-state index is 13.3. The second-order valence-corrected chi connectivity index (χ2v) is 7.93. The molecule has 4 nitrogen and oxygen atoms in total. The van der Waals surface area contributed by atoms with Crippen molar-refractivity contribution in [1.29, 1.82) is 0 Å². The Kier molecular flexibility index (Phi) is 6.98. The van der Waals surface area contributed by atoms with Crippen LogP contribution in [-0.4, -0.2) is 43.0 Å². The number of anilines is 1. The SMILES string of the molecule is Cc1ccccc1C(=O)N(CCN(C)C)c1nc2c(C)c(C)ccc2s1.Cl. The van der Waals surface area contributed by atoms with E-state index in [0.29, 0.717) is 6.54 Å². The molecule has 0 bridgehead atoms. The van der Waals surface area contributed by atoms with Crippen LogP contribution in [0, 0.1) is 20.8 Å². The van der Waals surface area contributed by atoms with Crippen LogP contribution in [0.2, 0.25) is 0 Å². The van der Waals surface area contributed by atoms with Gasteiger partial charge in [-0.3, -0.25) is 9.69 Å². The summed E-state index contributed by atoms with van der Waals surface area (Å²) >= 11 is 1.58. The predicted molar refractivity (Wildman–Crippen MR) is 118 cm³/mol. The topological polar surface area (TPSA) is 36.4 Å². The summed E-state index contributed by atoms with van der Waals surface area (Å²) in [7, 11) is 4.03. The average molecular weight is 404 g/mol. The number of hydrogen-bond acceptors (Lipinski definition) is 4. The summed E-state index contributed by atoms with van der Waals surface area (Å²) in [4.78, 5) is 22.0. The standard InChI is InChI=1S/C21H25N3OS.ClH/c1-14-10-11-18-19(16(14)3)22-21(26-18)24(13-12-23(4)5)20(25)17-9-7-6-8-15(17)2;/h6-11H,12-13H2,1-5H3;1H. The number of rotatable bonds is 5. The zero-order valence-electron chi connectivity index (χ0n) is 16.4. The van der Waals surface area contributed by atoms with Gasteiger partial charge in [-0.15, -0.1) is 12.4 Å². The number of nitrogens with zero attached hydrogens (tertiary/aromatic N) is 3. The first-order valence-corrected chi connectivity index (χ1v) is 9.59. The Balaban J connectivity index is 0.00000261. The Morgan fingerprint density at radius 3 is 2.37 bits per heavy atom. The summed E-state index contributed by atoms with van der Waals surface area (Å²) in [6.07, 6.45) is 0. The number of fused-ring (bicyclic) bond motifs is 1. The average Bonchev–Trinajstić information content (AvgIpc) is 3.03. The summed E-state index contributed by atoms with van der Waals surface area (Å²) in [5.74, 6) is 0.0124. The van der Waals surface area contributed by atoms with Gasteiger partial charge < -0.3 is 4.90 Å². The van der Waals surface area contributed by atoms with Crippen molar-refractivity contribution in [2.24, 2.45) is 0 Å². The molecule has 0 fully saturated rings. The highest BCUT2D eigenvalue weighted by atomic mass is 35.5. The van der Waals surface area contributed by atoms with Crippen molar-refractivity contribution in [3.05, 3.63) is 58.7 Å². The molecule has 3 aromatic rings. The van der Waals surface area contributed by atoms with Gasteiger partial charge in [0.2, 0.25) is 0 Å². The first-order valence-electron chi connectivity index (χ1n) is 8.77. The van der Waals surface area contributed by atoms with Crippen LogP contribution in [0.5, 0.6) is 0 Å². The fourth-order valence-corrected chi connectivity index (χ4v) is 3.92. The Morgan fingerprint density at radius 1 is 1.00 bits per heavy atom. The molecule has 0 spiro atoms. The molecular formula is C21H26ClN3OS. The molecule has 0 N–H and O–H groups in total. The number of likely N-dealkylation sites (N-methyl/N-ethyl adjacent to an activating group) is 1. The minimum Gasteiger partial charge on any atom is -0.308 e. The quantitative estimate of drug-likeness (QED) is 0.610. The fourth-order valence-electron chi connectivity index (χ4n) is 2.87. The molecule has 3 rings (SSSR count). The molecule has 0 atom stereocenters. The number of amides is 1. The summed E-state index contributed by atoms with van der Waals surface area (Å²) in [6.45, 7) is 7.55. The van der Waals surface area contributed by atoms with Gasteiger partial charge in [0.05, 0.1) is 10.2 Å². The summed E-state index contributed by atoms with van der Waals surface area (Å²) in [5.41, 5.74) is 5.12. The molecule has 1 amide bonds. The Hall–Kier alpha value is -1.95. The first-order chi connectivity index (χ1) is 12.4. The molecule has 27 heavy (non-hydrogen) atoms. The molecule has 0 aliphatic heterocycles. The lowest BCUT2D eigenvalue weighted by Crippen LogP contribution is -2.37. The van der Waals surface area contributed by atoms with Gasteiger partial charge in [-0.1, -0.05) is 35.6 Å². The lowest BCUT2D eigenvalue weighted by molar-refractivity contribution is 0.0984. The van der Waals surface area contributed by atoms with Crippen molar-refractivity contribution in [2.75, 3.05) is 32.1 Å². The number of thiazole rings is 1. The van der Waals surface area contributed by atoms with Crippen LogP contribution < -0.4 is 4.90 Å². The predicted octanol–water partition coefficient (Wildman–Crippen LogP) is 4.85. The van der Waals surface area contributed by atoms with Gasteiger partial charge in [-0.25, -0.2) is 4.98 Å². The van der Waals surface area contributed by atoms with Crippen molar-refractivity contribution in [2.45, 2.75) is 20.8 Å². The van der Waals surface area contributed by atoms with Crippen LogP contribution in [0.15, 0.2) is 36.4 Å². The zero-order valence-corrected chi connectivity index (χ0v) is 18.1. The number of aryl methyl sites for hydroxylation is 3. The third-order valence-corrected chi connectivity index (χ3v) is 5.74. The van der Waals surface area contributed by atoms with Gasteiger partial charge in [-0.2, -0.15) is 0 Å². The normalized spacial score (nSPS) is 10.9. The Labute approximate surface area is 171 Å². The maximum Gasteiger partial charge on any atom is 0.260 e. The van der Waals surface area contributed by atoms with Gasteiger partial charge in [-0.05, 0) is 63.7 Å². The smallest absolute Gasteiger partial charge is 0.260 e. The largest absolute Gasteiger partial charge is 0.308 e. The van der Waals surface area contributed by atoms with E-state index in [1.54, 1.807) is 11.3 Å². The van der Waals surface area contributed by atoms with E-state index >= 15 is 0 Å². The summed E-state index contributed by atoms with van der Waals surface area (Å²) < 4.78 is 1.12. The lowest BCUT2D eigenvalue weighted by Gasteiger charge is -2.22. The van der Waals surface area contributed by atoms with Crippen LogP contribution >= 0.6 is 23.7 Å². The molecule has 0 saturated heterocycles. The third-order valence-electron chi connectivity index (χ3n) is 4.70. The first kappa shape index (κ1) is 21.4. The highest BCUT2D eigenvalue weighted by Crippen LogP contribution is 2.32. The molecule has 6 heteroatoms. The van der Waals surface area contributed by atoms with Gasteiger partial charge in [0.15, 0.2) is 5.13 Å². The monoisotopic (exact) mass is 403 g/mol. The van der Waals surface area contributed by atoms with Crippen molar-refractivity contribution in [1.82, 2.24) is 9.88 Å². The number of hydrogen-bond donors (Lipinski definition) is 0. The minimum absolute atomic E-state index is 0. The van der Waals surface area contributed by atoms with E-state index in [9.17, 15) is 4.79 Å². The van der Waals surface area contributed by atoms with E-state index in [4.69, 9.17) is 4.98 Å². The van der Waals surface area contributed by atoms with E-state index < -0.39 is 0 Å². The number of aromatic nitrogens is 1. The molecule has 1 heterocycles. The number of carbonyl (C=O) groups excluding carboxylic acids is 1. The molecule has 144 valence electrons. The van der Waals surface area contributed by atoms with Crippen LogP contribution in [0.4, 0.5) is 5.13 Å². The molecule has 0 aliphatic carbocycles.